The molecule has 0 aliphatic heterocycles. The minimum absolute atomic E-state index is 0.105. The summed E-state index contributed by atoms with van der Waals surface area (Å²) >= 11 is 17.4. The van der Waals surface area contributed by atoms with Gasteiger partial charge in [0.25, 0.3) is 0 Å². The van der Waals surface area contributed by atoms with E-state index < -0.39 is 5.91 Å². The second-order valence-corrected chi connectivity index (χ2v) is 7.39. The lowest BCUT2D eigenvalue weighted by Crippen LogP contribution is -2.43. The maximum atomic E-state index is 12.3. The van der Waals surface area contributed by atoms with Crippen molar-refractivity contribution in [1.29, 1.82) is 0 Å². The van der Waals surface area contributed by atoms with Crippen LogP contribution in [0.1, 0.15) is 21.7 Å². The van der Waals surface area contributed by atoms with E-state index in [-0.39, 0.29) is 10.9 Å². The molecule has 8 heteroatoms. The molecule has 0 saturated heterocycles. The third-order valence-electron chi connectivity index (χ3n) is 3.95. The maximum Gasteiger partial charge on any atom is 0.305 e. The standard InChI is InChI=1S/C20H17Cl2N3O2S/c1-11-3-4-12(2)16(9-11)23-20(28)25-24-19(26)18-8-7-17(27-18)14-10-13(21)5-6-15(14)22/h3-10H,1-2H3,(H,24,26)(H2,23,25,28). The van der Waals surface area contributed by atoms with Crippen LogP contribution in [-0.2, 0) is 0 Å². The van der Waals surface area contributed by atoms with Crippen molar-refractivity contribution in [3.05, 3.63) is 75.5 Å². The highest BCUT2D eigenvalue weighted by molar-refractivity contribution is 7.80. The zero-order chi connectivity index (χ0) is 20.3. The third-order valence-corrected chi connectivity index (χ3v) is 4.72. The number of carbonyl (C=O) groups excluding carboxylic acids is 1. The van der Waals surface area contributed by atoms with Gasteiger partial charge in [-0.25, -0.2) is 0 Å². The molecule has 3 aromatic rings. The minimum atomic E-state index is -0.477. The largest absolute Gasteiger partial charge is 0.451 e. The van der Waals surface area contributed by atoms with Gasteiger partial charge in [0, 0.05) is 16.3 Å². The van der Waals surface area contributed by atoms with Gasteiger partial charge in [-0.05, 0) is 73.6 Å². The van der Waals surface area contributed by atoms with Gasteiger partial charge in [-0.15, -0.1) is 0 Å². The summed E-state index contributed by atoms with van der Waals surface area (Å²) in [5.74, 6) is 0.0660. The van der Waals surface area contributed by atoms with Crippen LogP contribution >= 0.6 is 35.4 Å². The van der Waals surface area contributed by atoms with Gasteiger partial charge in [0.05, 0.1) is 5.02 Å². The number of rotatable bonds is 3. The van der Waals surface area contributed by atoms with Crippen LogP contribution in [-0.4, -0.2) is 11.0 Å². The molecule has 0 bridgehead atoms. The van der Waals surface area contributed by atoms with Gasteiger partial charge in [0.2, 0.25) is 0 Å². The van der Waals surface area contributed by atoms with Gasteiger partial charge in [0.15, 0.2) is 10.9 Å². The Balaban J connectivity index is 1.62. The molecule has 1 aromatic heterocycles. The predicted molar refractivity (Wildman–Crippen MR) is 117 cm³/mol. The molecule has 1 amide bonds. The monoisotopic (exact) mass is 433 g/mol. The van der Waals surface area contributed by atoms with Crippen molar-refractivity contribution < 1.29 is 9.21 Å². The number of nitrogens with one attached hydrogen (secondary N) is 3. The fraction of sp³-hybridized carbons (Fsp3) is 0.100. The number of halogens is 2. The van der Waals surface area contributed by atoms with Gasteiger partial charge in [-0.1, -0.05) is 35.3 Å². The average molecular weight is 434 g/mol. The normalized spacial score (nSPS) is 10.4. The summed E-state index contributed by atoms with van der Waals surface area (Å²) in [6.45, 7) is 3.96. The fourth-order valence-corrected chi connectivity index (χ4v) is 3.03. The number of thiocarbonyl (C=S) groups is 1. The second-order valence-electron chi connectivity index (χ2n) is 6.14. The van der Waals surface area contributed by atoms with E-state index in [1.54, 1.807) is 30.3 Å². The van der Waals surface area contributed by atoms with E-state index in [9.17, 15) is 4.79 Å². The number of anilines is 1. The lowest BCUT2D eigenvalue weighted by atomic mass is 10.1. The van der Waals surface area contributed by atoms with E-state index in [1.165, 1.54) is 0 Å². The Labute approximate surface area is 178 Å². The van der Waals surface area contributed by atoms with Crippen molar-refractivity contribution in [2.24, 2.45) is 0 Å². The number of hydrogen-bond acceptors (Lipinski definition) is 3. The summed E-state index contributed by atoms with van der Waals surface area (Å²) in [5, 5.41) is 4.30. The number of furan rings is 1. The average Bonchev–Trinajstić information content (AvgIpc) is 3.15. The molecule has 5 nitrogen and oxygen atoms in total. The molecule has 28 heavy (non-hydrogen) atoms. The molecule has 3 N–H and O–H groups in total. The topological polar surface area (TPSA) is 66.3 Å². The summed E-state index contributed by atoms with van der Waals surface area (Å²) in [6.07, 6.45) is 0. The van der Waals surface area contributed by atoms with Crippen LogP contribution in [0.25, 0.3) is 11.3 Å². The molecule has 0 unspecified atom stereocenters. The molecule has 1 heterocycles. The molecular formula is C20H17Cl2N3O2S. The van der Waals surface area contributed by atoms with Crippen LogP contribution in [0.3, 0.4) is 0 Å². The molecule has 0 radical (unpaired) electrons. The quantitative estimate of drug-likeness (QED) is 0.375. The first-order valence-electron chi connectivity index (χ1n) is 8.33. The summed E-state index contributed by atoms with van der Waals surface area (Å²) in [6, 6.07) is 14.2. The van der Waals surface area contributed by atoms with E-state index in [1.807, 2.05) is 32.0 Å². The van der Waals surface area contributed by atoms with Gasteiger partial charge >= 0.3 is 5.91 Å². The van der Waals surface area contributed by atoms with Gasteiger partial charge in [-0.3, -0.25) is 15.6 Å². The summed E-state index contributed by atoms with van der Waals surface area (Å²) in [4.78, 5) is 12.3. The Hall–Kier alpha value is -2.54. The van der Waals surface area contributed by atoms with Gasteiger partial charge in [-0.2, -0.15) is 0 Å². The Bertz CT molecular complexity index is 1050. The summed E-state index contributed by atoms with van der Waals surface area (Å²) in [7, 11) is 0. The number of carbonyl (C=O) groups is 1. The lowest BCUT2D eigenvalue weighted by Gasteiger charge is -2.13. The first kappa shape index (κ1) is 20.2. The number of hydrogen-bond donors (Lipinski definition) is 3. The maximum absolute atomic E-state index is 12.3. The van der Waals surface area contributed by atoms with E-state index in [0.717, 1.165) is 16.8 Å². The molecule has 3 rings (SSSR count). The molecule has 0 fully saturated rings. The third kappa shape index (κ3) is 4.84. The Morgan fingerprint density at radius 1 is 1.00 bits per heavy atom. The Morgan fingerprint density at radius 2 is 1.79 bits per heavy atom. The summed E-state index contributed by atoms with van der Waals surface area (Å²) in [5.41, 5.74) is 8.76. The zero-order valence-corrected chi connectivity index (χ0v) is 17.4. The predicted octanol–water partition coefficient (Wildman–Crippen LogP) is 5.50. The molecule has 0 aliphatic rings. The van der Waals surface area contributed by atoms with E-state index in [4.69, 9.17) is 39.8 Å². The minimum Gasteiger partial charge on any atom is -0.451 e. The van der Waals surface area contributed by atoms with Crippen LogP contribution in [0.5, 0.6) is 0 Å². The Kier molecular flexibility index (Phi) is 6.24. The van der Waals surface area contributed by atoms with Gasteiger partial charge in [0.1, 0.15) is 5.76 Å². The van der Waals surface area contributed by atoms with Crippen molar-refractivity contribution >= 4 is 52.1 Å². The molecule has 0 atom stereocenters. The van der Waals surface area contributed by atoms with Crippen molar-refractivity contribution in [2.75, 3.05) is 5.32 Å². The highest BCUT2D eigenvalue weighted by Gasteiger charge is 2.14. The first-order valence-corrected chi connectivity index (χ1v) is 9.50. The van der Waals surface area contributed by atoms with Crippen LogP contribution in [0.2, 0.25) is 10.0 Å². The lowest BCUT2D eigenvalue weighted by molar-refractivity contribution is 0.0917. The molecule has 0 aliphatic carbocycles. The highest BCUT2D eigenvalue weighted by atomic mass is 35.5. The van der Waals surface area contributed by atoms with Crippen LogP contribution in [0, 0.1) is 13.8 Å². The number of hydrazine groups is 1. The second kappa shape index (κ2) is 8.65. The smallest absolute Gasteiger partial charge is 0.305 e. The molecule has 144 valence electrons. The number of benzene rings is 2. The zero-order valence-electron chi connectivity index (χ0n) is 15.1. The van der Waals surface area contributed by atoms with E-state index >= 15 is 0 Å². The first-order chi connectivity index (χ1) is 13.3. The van der Waals surface area contributed by atoms with Crippen molar-refractivity contribution in [1.82, 2.24) is 10.9 Å². The van der Waals surface area contributed by atoms with Gasteiger partial charge < -0.3 is 9.73 Å². The van der Waals surface area contributed by atoms with Crippen molar-refractivity contribution in [3.8, 4) is 11.3 Å². The SMILES string of the molecule is Cc1ccc(C)c(NC(=S)NNC(=O)c2ccc(-c3cc(Cl)ccc3Cl)o2)c1. The molecule has 0 spiro atoms. The molecule has 0 saturated carbocycles. The van der Waals surface area contributed by atoms with Crippen molar-refractivity contribution in [2.45, 2.75) is 13.8 Å². The van der Waals surface area contributed by atoms with Crippen LogP contribution < -0.4 is 16.2 Å². The molecular weight excluding hydrogens is 417 g/mol. The highest BCUT2D eigenvalue weighted by Crippen LogP contribution is 2.31. The van der Waals surface area contributed by atoms with Crippen molar-refractivity contribution in [3.63, 3.8) is 0 Å². The van der Waals surface area contributed by atoms with E-state index in [2.05, 4.69) is 16.2 Å². The van der Waals surface area contributed by atoms with Crippen LogP contribution in [0.15, 0.2) is 52.9 Å². The summed E-state index contributed by atoms with van der Waals surface area (Å²) < 4.78 is 5.59. The number of aryl methyl sites for hydroxylation is 2. The fourth-order valence-electron chi connectivity index (χ4n) is 2.49. The van der Waals surface area contributed by atoms with Crippen LogP contribution in [0.4, 0.5) is 5.69 Å². The Morgan fingerprint density at radius 3 is 2.57 bits per heavy atom. The molecule has 2 aromatic carbocycles. The van der Waals surface area contributed by atoms with E-state index in [0.29, 0.717) is 21.4 Å². The number of amides is 1.